The van der Waals surface area contributed by atoms with E-state index in [2.05, 4.69) is 50.4 Å². The van der Waals surface area contributed by atoms with Crippen molar-refractivity contribution in [3.63, 3.8) is 0 Å². The van der Waals surface area contributed by atoms with Crippen LogP contribution in [0.5, 0.6) is 0 Å². The molecule has 0 aliphatic carbocycles. The van der Waals surface area contributed by atoms with Gasteiger partial charge in [0.15, 0.2) is 0 Å². The lowest BCUT2D eigenvalue weighted by molar-refractivity contribution is 1.10. The molecule has 0 radical (unpaired) electrons. The van der Waals surface area contributed by atoms with Gasteiger partial charge in [0.1, 0.15) is 5.69 Å². The molecule has 3 heteroatoms. The van der Waals surface area contributed by atoms with E-state index in [9.17, 15) is 0 Å². The van der Waals surface area contributed by atoms with Crippen molar-refractivity contribution in [3.8, 4) is 11.2 Å². The van der Waals surface area contributed by atoms with Crippen LogP contribution in [0.15, 0.2) is 18.3 Å². The van der Waals surface area contributed by atoms with Gasteiger partial charge in [-0.1, -0.05) is 13.0 Å². The molecule has 0 atom stereocenters. The van der Waals surface area contributed by atoms with Crippen LogP contribution >= 0.6 is 30.1 Å². The van der Waals surface area contributed by atoms with E-state index in [0.29, 0.717) is 0 Å². The molecule has 12 heavy (non-hydrogen) atoms. The molecule has 1 heterocycles. The van der Waals surface area contributed by atoms with Crippen molar-refractivity contribution in [3.05, 3.63) is 29.6 Å². The summed E-state index contributed by atoms with van der Waals surface area (Å²) in [4.78, 5) is 4.20. The average molecular weight is 289 g/mol. The van der Waals surface area contributed by atoms with Gasteiger partial charge < -0.3 is 0 Å². The number of nitrogens with zero attached hydrogens (tertiary/aromatic N) is 1. The highest BCUT2D eigenvalue weighted by Crippen LogP contribution is 2.07. The minimum absolute atomic E-state index is 0.844. The Morgan fingerprint density at radius 2 is 2.42 bits per heavy atom. The lowest BCUT2D eigenvalue weighted by Crippen LogP contribution is -1.84. The second-order valence-corrected chi connectivity index (χ2v) is 3.89. The molecule has 0 unspecified atom stereocenters. The molecule has 1 aromatic heterocycles. The molecule has 1 nitrogen and oxygen atoms in total. The zero-order valence-electron chi connectivity index (χ0n) is 6.67. The van der Waals surface area contributed by atoms with Crippen LogP contribution in [0.1, 0.15) is 18.2 Å². The number of rotatable bonds is 1. The molecule has 1 rings (SSSR count). The van der Waals surface area contributed by atoms with Gasteiger partial charge in [-0.15, -0.1) is 0 Å². The normalized spacial score (nSPS) is 8.83. The first-order valence-electron chi connectivity index (χ1n) is 3.60. The molecule has 0 bridgehead atoms. The van der Waals surface area contributed by atoms with Crippen LogP contribution in [0.25, 0.3) is 0 Å². The molecule has 0 aliphatic rings. The number of halogens is 1. The van der Waals surface area contributed by atoms with Crippen LogP contribution in [0.2, 0.25) is 0 Å². The summed E-state index contributed by atoms with van der Waals surface area (Å²) in [6, 6.07) is 4.02. The second kappa shape index (κ2) is 5.44. The van der Waals surface area contributed by atoms with E-state index in [1.807, 2.05) is 12.3 Å². The summed E-state index contributed by atoms with van der Waals surface area (Å²) in [5.41, 5.74) is 2.10. The first kappa shape index (κ1) is 9.87. The zero-order chi connectivity index (χ0) is 8.81. The summed E-state index contributed by atoms with van der Waals surface area (Å²) in [6.45, 7) is 2.11. The maximum absolute atomic E-state index is 4.20. The van der Waals surface area contributed by atoms with Gasteiger partial charge in [-0.25, -0.2) is 4.98 Å². The largest absolute Gasteiger partial charge is 0.247 e. The standard InChI is InChI=1S/C9H8INS/c1-2-8-3-4-9(11-7-8)5-6-12-10/h3-4,7H,2H2,1H3. The van der Waals surface area contributed by atoms with E-state index < -0.39 is 0 Å². The van der Waals surface area contributed by atoms with Gasteiger partial charge in [-0.05, 0) is 38.2 Å². The van der Waals surface area contributed by atoms with Crippen LogP contribution in [0.3, 0.4) is 0 Å². The predicted octanol–water partition coefficient (Wildman–Crippen LogP) is 3.04. The summed E-state index contributed by atoms with van der Waals surface area (Å²) in [6.07, 6.45) is 2.91. The van der Waals surface area contributed by atoms with Crippen molar-refractivity contribution in [1.29, 1.82) is 0 Å². The molecule has 0 fully saturated rings. The molecular weight excluding hydrogens is 281 g/mol. The lowest BCUT2D eigenvalue weighted by atomic mass is 10.2. The SMILES string of the molecule is CCc1ccc(C#CSI)nc1. The van der Waals surface area contributed by atoms with Crippen LogP contribution in [-0.4, -0.2) is 4.98 Å². The van der Waals surface area contributed by atoms with Gasteiger partial charge in [-0.2, -0.15) is 0 Å². The fourth-order valence-electron chi connectivity index (χ4n) is 0.779. The topological polar surface area (TPSA) is 12.9 Å². The summed E-state index contributed by atoms with van der Waals surface area (Å²) in [5, 5.41) is 2.89. The van der Waals surface area contributed by atoms with E-state index in [4.69, 9.17) is 0 Å². The highest BCUT2D eigenvalue weighted by molar-refractivity contribution is 14.2. The van der Waals surface area contributed by atoms with Gasteiger partial charge in [0.25, 0.3) is 0 Å². The Kier molecular flexibility index (Phi) is 4.48. The van der Waals surface area contributed by atoms with E-state index in [1.54, 1.807) is 0 Å². The smallest absolute Gasteiger partial charge is 0.114 e. The summed E-state index contributed by atoms with van der Waals surface area (Å²) < 4.78 is 0. The van der Waals surface area contributed by atoms with Crippen molar-refractivity contribution in [2.45, 2.75) is 13.3 Å². The fraction of sp³-hybridized carbons (Fsp3) is 0.222. The highest BCUT2D eigenvalue weighted by atomic mass is 127. The molecular formula is C9H8INS. The van der Waals surface area contributed by atoms with E-state index in [-0.39, 0.29) is 0 Å². The molecule has 0 spiro atoms. The van der Waals surface area contributed by atoms with Gasteiger partial charge >= 0.3 is 0 Å². The molecule has 0 saturated heterocycles. The van der Waals surface area contributed by atoms with Crippen molar-refractivity contribution >= 4 is 30.1 Å². The number of aryl methyl sites for hydroxylation is 1. The van der Waals surface area contributed by atoms with Gasteiger partial charge in [0.05, 0.1) is 0 Å². The molecule has 62 valence electrons. The quantitative estimate of drug-likeness (QED) is 0.582. The number of pyridine rings is 1. The maximum atomic E-state index is 4.20. The third-order valence-corrected chi connectivity index (χ3v) is 2.29. The summed E-state index contributed by atoms with van der Waals surface area (Å²) in [5.74, 6) is 2.94. The monoisotopic (exact) mass is 289 g/mol. The predicted molar refractivity (Wildman–Crippen MR) is 62.1 cm³/mol. The molecule has 1 aromatic rings. The first-order valence-corrected chi connectivity index (χ1v) is 6.96. The van der Waals surface area contributed by atoms with Crippen LogP contribution in [0, 0.1) is 11.2 Å². The van der Waals surface area contributed by atoms with Gasteiger partial charge in [-0.3, -0.25) is 0 Å². The number of hydrogen-bond acceptors (Lipinski definition) is 2. The number of hydrogen-bond donors (Lipinski definition) is 0. The van der Waals surface area contributed by atoms with Crippen molar-refractivity contribution < 1.29 is 0 Å². The van der Waals surface area contributed by atoms with Crippen molar-refractivity contribution in [1.82, 2.24) is 4.98 Å². The Bertz CT molecular complexity index is 297. The van der Waals surface area contributed by atoms with E-state index in [1.165, 1.54) is 14.5 Å². The van der Waals surface area contributed by atoms with Gasteiger partial charge in [0.2, 0.25) is 0 Å². The Labute approximate surface area is 88.9 Å². The minimum atomic E-state index is 0.844. The fourth-order valence-corrected chi connectivity index (χ4v) is 1.25. The average Bonchev–Trinajstić information content (AvgIpc) is 2.15. The Morgan fingerprint density at radius 3 is 2.92 bits per heavy atom. The summed E-state index contributed by atoms with van der Waals surface area (Å²) >= 11 is 2.14. The molecule has 0 aliphatic heterocycles. The van der Waals surface area contributed by atoms with Crippen LogP contribution < -0.4 is 0 Å². The van der Waals surface area contributed by atoms with Crippen LogP contribution in [-0.2, 0) is 6.42 Å². The Hall–Kier alpha value is -0.210. The Morgan fingerprint density at radius 1 is 1.58 bits per heavy atom. The number of aromatic nitrogens is 1. The van der Waals surface area contributed by atoms with E-state index in [0.717, 1.165) is 12.1 Å². The van der Waals surface area contributed by atoms with E-state index >= 15 is 0 Å². The van der Waals surface area contributed by atoms with Crippen molar-refractivity contribution in [2.24, 2.45) is 0 Å². The third-order valence-electron chi connectivity index (χ3n) is 1.45. The second-order valence-electron chi connectivity index (χ2n) is 2.21. The molecule has 0 amide bonds. The first-order chi connectivity index (χ1) is 5.86. The third kappa shape index (κ3) is 3.03. The zero-order valence-corrected chi connectivity index (χ0v) is 9.65. The maximum Gasteiger partial charge on any atom is 0.114 e. The molecule has 0 N–H and O–H groups in total. The summed E-state index contributed by atoms with van der Waals surface area (Å²) in [7, 11) is 1.48. The van der Waals surface area contributed by atoms with Gasteiger partial charge in [0, 0.05) is 27.4 Å². The lowest BCUT2D eigenvalue weighted by Gasteiger charge is -1.93. The molecule has 0 saturated carbocycles. The molecule has 0 aromatic carbocycles. The minimum Gasteiger partial charge on any atom is -0.247 e. The Balaban J connectivity index is 2.78. The van der Waals surface area contributed by atoms with Crippen LogP contribution in [0.4, 0.5) is 0 Å². The van der Waals surface area contributed by atoms with Crippen molar-refractivity contribution in [2.75, 3.05) is 0 Å². The highest BCUT2D eigenvalue weighted by Gasteiger charge is 1.89.